The van der Waals surface area contributed by atoms with Crippen LogP contribution in [0.15, 0.2) is 28.9 Å². The molecule has 0 fully saturated rings. The SMILES string of the molecule is CCCc1nc(Br)cc(Oc2cc(C#N)ccc2C)n1. The Morgan fingerprint density at radius 3 is 2.80 bits per heavy atom. The zero-order valence-electron chi connectivity index (χ0n) is 11.4. The van der Waals surface area contributed by atoms with Crippen LogP contribution >= 0.6 is 15.9 Å². The molecule has 0 saturated heterocycles. The number of hydrogen-bond donors (Lipinski definition) is 0. The Morgan fingerprint density at radius 2 is 2.10 bits per heavy atom. The molecule has 20 heavy (non-hydrogen) atoms. The Bertz CT molecular complexity index is 665. The monoisotopic (exact) mass is 331 g/mol. The van der Waals surface area contributed by atoms with E-state index >= 15 is 0 Å². The molecule has 102 valence electrons. The van der Waals surface area contributed by atoms with Gasteiger partial charge in [-0.2, -0.15) is 10.2 Å². The van der Waals surface area contributed by atoms with Crippen molar-refractivity contribution < 1.29 is 4.74 Å². The van der Waals surface area contributed by atoms with Gasteiger partial charge in [0, 0.05) is 12.5 Å². The minimum Gasteiger partial charge on any atom is -0.439 e. The van der Waals surface area contributed by atoms with Crippen LogP contribution in [0.4, 0.5) is 0 Å². The van der Waals surface area contributed by atoms with Crippen molar-refractivity contribution in [1.82, 2.24) is 9.97 Å². The molecule has 1 aromatic heterocycles. The first kappa shape index (κ1) is 14.5. The number of halogens is 1. The van der Waals surface area contributed by atoms with Crippen LogP contribution in [0, 0.1) is 18.3 Å². The van der Waals surface area contributed by atoms with Gasteiger partial charge in [0.25, 0.3) is 0 Å². The van der Waals surface area contributed by atoms with Gasteiger partial charge in [-0.1, -0.05) is 13.0 Å². The van der Waals surface area contributed by atoms with Gasteiger partial charge in [-0.25, -0.2) is 4.98 Å². The summed E-state index contributed by atoms with van der Waals surface area (Å²) in [4.78, 5) is 8.66. The zero-order chi connectivity index (χ0) is 14.5. The smallest absolute Gasteiger partial charge is 0.223 e. The molecule has 5 heteroatoms. The summed E-state index contributed by atoms with van der Waals surface area (Å²) in [7, 11) is 0. The molecule has 0 aliphatic carbocycles. The second-order valence-electron chi connectivity index (χ2n) is 4.39. The quantitative estimate of drug-likeness (QED) is 0.789. The van der Waals surface area contributed by atoms with E-state index in [0.29, 0.717) is 21.8 Å². The molecule has 4 nitrogen and oxygen atoms in total. The summed E-state index contributed by atoms with van der Waals surface area (Å²) in [6.07, 6.45) is 1.77. The number of rotatable bonds is 4. The van der Waals surface area contributed by atoms with Crippen molar-refractivity contribution in [2.24, 2.45) is 0 Å². The van der Waals surface area contributed by atoms with Crippen molar-refractivity contribution in [3.05, 3.63) is 45.8 Å². The lowest BCUT2D eigenvalue weighted by atomic mass is 10.1. The Morgan fingerprint density at radius 1 is 1.30 bits per heavy atom. The van der Waals surface area contributed by atoms with Crippen molar-refractivity contribution >= 4 is 15.9 Å². The third-order valence-electron chi connectivity index (χ3n) is 2.72. The third-order valence-corrected chi connectivity index (χ3v) is 3.13. The predicted molar refractivity (Wildman–Crippen MR) is 79.7 cm³/mol. The molecule has 1 heterocycles. The molecule has 0 atom stereocenters. The Kier molecular flexibility index (Phi) is 4.70. The molecule has 1 aromatic carbocycles. The van der Waals surface area contributed by atoms with Gasteiger partial charge in [0.15, 0.2) is 0 Å². The molecule has 0 amide bonds. The van der Waals surface area contributed by atoms with E-state index < -0.39 is 0 Å². The topological polar surface area (TPSA) is 58.8 Å². The van der Waals surface area contributed by atoms with Crippen molar-refractivity contribution in [1.29, 1.82) is 5.26 Å². The fourth-order valence-corrected chi connectivity index (χ4v) is 2.12. The molecule has 0 aliphatic rings. The molecule has 2 rings (SSSR count). The predicted octanol–water partition coefficient (Wildman–Crippen LogP) is 4.16. The van der Waals surface area contributed by atoms with Crippen LogP contribution in [0.3, 0.4) is 0 Å². The Hall–Kier alpha value is -1.93. The number of nitriles is 1. The van der Waals surface area contributed by atoms with Crippen molar-refractivity contribution in [2.45, 2.75) is 26.7 Å². The van der Waals surface area contributed by atoms with E-state index in [1.807, 2.05) is 13.0 Å². The average Bonchev–Trinajstić information content (AvgIpc) is 2.41. The molecule has 0 unspecified atom stereocenters. The lowest BCUT2D eigenvalue weighted by Gasteiger charge is -2.09. The van der Waals surface area contributed by atoms with Gasteiger partial charge in [-0.3, -0.25) is 0 Å². The van der Waals surface area contributed by atoms with E-state index in [2.05, 4.69) is 38.9 Å². The zero-order valence-corrected chi connectivity index (χ0v) is 12.9. The summed E-state index contributed by atoms with van der Waals surface area (Å²) < 4.78 is 6.48. The molecule has 0 spiro atoms. The van der Waals surface area contributed by atoms with Crippen LogP contribution in [0.1, 0.15) is 30.3 Å². The highest BCUT2D eigenvalue weighted by atomic mass is 79.9. The molecule has 2 aromatic rings. The van der Waals surface area contributed by atoms with Crippen LogP contribution in [0.5, 0.6) is 11.6 Å². The Labute approximate surface area is 126 Å². The van der Waals surface area contributed by atoms with E-state index in [1.54, 1.807) is 18.2 Å². The third kappa shape index (κ3) is 3.55. The summed E-state index contributed by atoms with van der Waals surface area (Å²) in [5.74, 6) is 1.86. The molecule has 0 N–H and O–H groups in total. The van der Waals surface area contributed by atoms with Crippen LogP contribution in [-0.4, -0.2) is 9.97 Å². The highest BCUT2D eigenvalue weighted by Gasteiger charge is 2.07. The number of benzene rings is 1. The van der Waals surface area contributed by atoms with Gasteiger partial charge in [0.1, 0.15) is 16.2 Å². The maximum atomic E-state index is 8.94. The van der Waals surface area contributed by atoms with E-state index in [9.17, 15) is 0 Å². The second kappa shape index (κ2) is 6.49. The molecule has 0 radical (unpaired) electrons. The average molecular weight is 332 g/mol. The number of nitrogens with zero attached hydrogens (tertiary/aromatic N) is 3. The highest BCUT2D eigenvalue weighted by Crippen LogP contribution is 2.26. The fourth-order valence-electron chi connectivity index (χ4n) is 1.72. The van der Waals surface area contributed by atoms with Crippen LogP contribution in [0.2, 0.25) is 0 Å². The highest BCUT2D eigenvalue weighted by molar-refractivity contribution is 9.10. The van der Waals surface area contributed by atoms with E-state index in [-0.39, 0.29) is 0 Å². The van der Waals surface area contributed by atoms with Gasteiger partial charge < -0.3 is 4.74 Å². The van der Waals surface area contributed by atoms with Gasteiger partial charge in [-0.05, 0) is 47.0 Å². The molecular weight excluding hydrogens is 318 g/mol. The molecule has 0 saturated carbocycles. The summed E-state index contributed by atoms with van der Waals surface area (Å²) in [5.41, 5.74) is 1.52. The Balaban J connectivity index is 2.32. The van der Waals surface area contributed by atoms with Crippen LogP contribution in [0.25, 0.3) is 0 Å². The summed E-state index contributed by atoms with van der Waals surface area (Å²) in [6.45, 7) is 4.00. The van der Waals surface area contributed by atoms with E-state index in [4.69, 9.17) is 10.00 Å². The van der Waals surface area contributed by atoms with E-state index in [0.717, 1.165) is 24.2 Å². The van der Waals surface area contributed by atoms with Crippen LogP contribution in [-0.2, 0) is 6.42 Å². The van der Waals surface area contributed by atoms with Crippen LogP contribution < -0.4 is 4.74 Å². The molecule has 0 bridgehead atoms. The first-order chi connectivity index (χ1) is 9.62. The second-order valence-corrected chi connectivity index (χ2v) is 5.20. The minimum atomic E-state index is 0.480. The largest absolute Gasteiger partial charge is 0.439 e. The van der Waals surface area contributed by atoms with Crippen molar-refractivity contribution in [3.8, 4) is 17.7 Å². The standard InChI is InChI=1S/C15H14BrN3O/c1-3-4-14-18-13(16)8-15(19-14)20-12-7-11(9-17)6-5-10(12)2/h5-8H,3-4H2,1-2H3. The van der Waals surface area contributed by atoms with Gasteiger partial charge in [-0.15, -0.1) is 0 Å². The number of hydrogen-bond acceptors (Lipinski definition) is 4. The lowest BCUT2D eigenvalue weighted by Crippen LogP contribution is -1.98. The summed E-state index contributed by atoms with van der Waals surface area (Å²) in [6, 6.07) is 9.16. The minimum absolute atomic E-state index is 0.480. The first-order valence-electron chi connectivity index (χ1n) is 6.34. The summed E-state index contributed by atoms with van der Waals surface area (Å²) in [5, 5.41) is 8.94. The number of aryl methyl sites for hydroxylation is 2. The molecule has 0 aliphatic heterocycles. The fraction of sp³-hybridized carbons (Fsp3) is 0.267. The van der Waals surface area contributed by atoms with Gasteiger partial charge in [0.2, 0.25) is 5.88 Å². The number of ether oxygens (including phenoxy) is 1. The van der Waals surface area contributed by atoms with Crippen molar-refractivity contribution in [3.63, 3.8) is 0 Å². The molecular formula is C15H14BrN3O. The van der Waals surface area contributed by atoms with Gasteiger partial charge >= 0.3 is 0 Å². The maximum Gasteiger partial charge on any atom is 0.223 e. The van der Waals surface area contributed by atoms with Crippen molar-refractivity contribution in [2.75, 3.05) is 0 Å². The summed E-state index contributed by atoms with van der Waals surface area (Å²) >= 11 is 3.36. The normalized spacial score (nSPS) is 10.1. The first-order valence-corrected chi connectivity index (χ1v) is 7.13. The maximum absolute atomic E-state index is 8.94. The van der Waals surface area contributed by atoms with E-state index in [1.165, 1.54) is 0 Å². The number of aromatic nitrogens is 2. The lowest BCUT2D eigenvalue weighted by molar-refractivity contribution is 0.454. The van der Waals surface area contributed by atoms with Gasteiger partial charge in [0.05, 0.1) is 11.6 Å².